The number of aromatic nitrogens is 4. The van der Waals surface area contributed by atoms with Gasteiger partial charge in [0.15, 0.2) is 6.23 Å². The van der Waals surface area contributed by atoms with E-state index >= 15 is 0 Å². The van der Waals surface area contributed by atoms with Crippen molar-refractivity contribution in [3.63, 3.8) is 0 Å². The highest BCUT2D eigenvalue weighted by Gasteiger charge is 2.40. The Hall–Kier alpha value is -3.12. The zero-order valence-corrected chi connectivity index (χ0v) is 22.3. The Morgan fingerprint density at radius 2 is 2.00 bits per heavy atom. The Balaban J connectivity index is 1.37. The predicted molar refractivity (Wildman–Crippen MR) is 141 cm³/mol. The summed E-state index contributed by atoms with van der Waals surface area (Å²) < 4.78 is 57.1. The number of benzene rings is 1. The molecule has 5 heterocycles. The monoisotopic (exact) mass is 545 g/mol. The molecule has 1 unspecified atom stereocenters. The molecule has 3 aliphatic rings. The summed E-state index contributed by atoms with van der Waals surface area (Å²) in [5.74, 6) is 0.321. The number of likely N-dealkylation sites (tertiary alicyclic amines) is 1. The minimum Gasteiger partial charge on any atom is -0.462 e. The third kappa shape index (κ3) is 4.88. The number of hydrogen-bond acceptors (Lipinski definition) is 8. The minimum atomic E-state index is -4.54. The molecule has 9 nitrogen and oxygen atoms in total. The summed E-state index contributed by atoms with van der Waals surface area (Å²) in [6, 6.07) is 2.03. The molecule has 0 amide bonds. The molecule has 2 N–H and O–H groups in total. The molecular formula is C27H34F3N7O2. The standard InChI is InChI=1S/C27H34F3N7O2/c1-16-12-21-19(13-32-37(21)22-7-3-4-11-38-22)24(23(16)27(28,29)30)36-10-8-18-20(14-36)33-26(34-25(18)31)39-15-17-6-5-9-35(17)2/h12-13,17,22H,3-11,14-15H2,1-2H3,(H2,31,33,34)/t17-,22?/m0/s1. The van der Waals surface area contributed by atoms with Gasteiger partial charge in [-0.25, -0.2) is 4.68 Å². The first-order valence-corrected chi connectivity index (χ1v) is 13.6. The molecule has 12 heteroatoms. The SMILES string of the molecule is Cc1cc2c(cnn2C2CCCCO2)c(N2CCc3c(N)nc(OC[C@@H]4CCCN4C)nc3C2)c1C(F)(F)F. The number of ether oxygens (including phenoxy) is 2. The lowest BCUT2D eigenvalue weighted by Gasteiger charge is -2.33. The van der Waals surface area contributed by atoms with Crippen LogP contribution >= 0.6 is 0 Å². The van der Waals surface area contributed by atoms with E-state index < -0.39 is 11.7 Å². The Morgan fingerprint density at radius 3 is 2.72 bits per heavy atom. The number of halogens is 3. The van der Waals surface area contributed by atoms with E-state index in [-0.39, 0.29) is 36.1 Å². The van der Waals surface area contributed by atoms with E-state index in [1.54, 1.807) is 15.6 Å². The third-order valence-electron chi connectivity index (χ3n) is 8.25. The second-order valence-electron chi connectivity index (χ2n) is 10.8. The second kappa shape index (κ2) is 10.1. The van der Waals surface area contributed by atoms with Crippen LogP contribution in [0.5, 0.6) is 6.01 Å². The van der Waals surface area contributed by atoms with Gasteiger partial charge >= 0.3 is 12.2 Å². The van der Waals surface area contributed by atoms with E-state index in [0.29, 0.717) is 48.6 Å². The van der Waals surface area contributed by atoms with Crippen molar-refractivity contribution in [3.05, 3.63) is 34.6 Å². The van der Waals surface area contributed by atoms with E-state index in [1.807, 2.05) is 0 Å². The lowest BCUT2D eigenvalue weighted by Crippen LogP contribution is -2.34. The van der Waals surface area contributed by atoms with Gasteiger partial charge in [-0.2, -0.15) is 28.2 Å². The maximum absolute atomic E-state index is 14.5. The highest BCUT2D eigenvalue weighted by Crippen LogP contribution is 2.45. The number of rotatable bonds is 5. The van der Waals surface area contributed by atoms with Crippen molar-refractivity contribution >= 4 is 22.4 Å². The van der Waals surface area contributed by atoms with E-state index in [0.717, 1.165) is 44.2 Å². The smallest absolute Gasteiger partial charge is 0.418 e. The molecule has 2 aromatic heterocycles. The molecule has 210 valence electrons. The Kier molecular flexibility index (Phi) is 6.78. The van der Waals surface area contributed by atoms with Gasteiger partial charge in [0.2, 0.25) is 0 Å². The number of anilines is 2. The van der Waals surface area contributed by atoms with Gasteiger partial charge in [0, 0.05) is 30.1 Å². The topological polar surface area (TPSA) is 94.6 Å². The van der Waals surface area contributed by atoms with Crippen molar-refractivity contribution in [1.82, 2.24) is 24.6 Å². The van der Waals surface area contributed by atoms with Crippen LogP contribution in [0.1, 0.15) is 60.7 Å². The number of hydrogen-bond donors (Lipinski definition) is 1. The maximum Gasteiger partial charge on any atom is 0.418 e. The summed E-state index contributed by atoms with van der Waals surface area (Å²) in [6.07, 6.45) is 2.03. The fourth-order valence-corrected chi connectivity index (χ4v) is 6.18. The van der Waals surface area contributed by atoms with Crippen LogP contribution in [0.15, 0.2) is 12.3 Å². The zero-order valence-electron chi connectivity index (χ0n) is 22.3. The van der Waals surface area contributed by atoms with E-state index in [1.165, 1.54) is 13.1 Å². The van der Waals surface area contributed by atoms with Gasteiger partial charge in [0.05, 0.1) is 35.2 Å². The van der Waals surface area contributed by atoms with Crippen LogP contribution in [0.25, 0.3) is 10.9 Å². The fraction of sp³-hybridized carbons (Fsp3) is 0.593. The molecular weight excluding hydrogens is 511 g/mol. The quantitative estimate of drug-likeness (QED) is 0.502. The number of nitrogens with two attached hydrogens (primary N) is 1. The summed E-state index contributed by atoms with van der Waals surface area (Å²) in [6.45, 7) is 4.09. The Labute approximate surface area is 225 Å². The molecule has 2 saturated heterocycles. The highest BCUT2D eigenvalue weighted by molar-refractivity contribution is 5.95. The Morgan fingerprint density at radius 1 is 1.15 bits per heavy atom. The molecule has 0 bridgehead atoms. The summed E-state index contributed by atoms with van der Waals surface area (Å²) in [7, 11) is 2.06. The van der Waals surface area contributed by atoms with Crippen molar-refractivity contribution in [3.8, 4) is 6.01 Å². The number of alkyl halides is 3. The molecule has 6 rings (SSSR count). The van der Waals surface area contributed by atoms with Gasteiger partial charge in [0.1, 0.15) is 12.4 Å². The van der Waals surface area contributed by atoms with Crippen LogP contribution in [0.3, 0.4) is 0 Å². The van der Waals surface area contributed by atoms with Crippen LogP contribution in [-0.2, 0) is 23.9 Å². The predicted octanol–water partition coefficient (Wildman–Crippen LogP) is 4.47. The largest absolute Gasteiger partial charge is 0.462 e. The second-order valence-corrected chi connectivity index (χ2v) is 10.8. The number of aryl methyl sites for hydroxylation is 1. The van der Waals surface area contributed by atoms with E-state index in [9.17, 15) is 13.2 Å². The number of fused-ring (bicyclic) bond motifs is 2. The number of nitrogen functional groups attached to an aromatic ring is 1. The van der Waals surface area contributed by atoms with Crippen LogP contribution in [0.4, 0.5) is 24.7 Å². The maximum atomic E-state index is 14.5. The summed E-state index contributed by atoms with van der Waals surface area (Å²) in [4.78, 5) is 12.9. The molecule has 1 aromatic carbocycles. The summed E-state index contributed by atoms with van der Waals surface area (Å²) in [5, 5.41) is 4.96. The average molecular weight is 546 g/mol. The van der Waals surface area contributed by atoms with Gasteiger partial charge < -0.3 is 25.0 Å². The zero-order chi connectivity index (χ0) is 27.3. The lowest BCUT2D eigenvalue weighted by atomic mass is 9.98. The van der Waals surface area contributed by atoms with Crippen molar-refractivity contribution in [1.29, 1.82) is 0 Å². The molecule has 0 saturated carbocycles. The third-order valence-corrected chi connectivity index (χ3v) is 8.25. The fourth-order valence-electron chi connectivity index (χ4n) is 6.18. The van der Waals surface area contributed by atoms with Crippen molar-refractivity contribution in [2.45, 2.75) is 70.4 Å². The minimum absolute atomic E-state index is 0.123. The number of nitrogens with zero attached hydrogens (tertiary/aromatic N) is 6. The van der Waals surface area contributed by atoms with E-state index in [2.05, 4.69) is 27.0 Å². The molecule has 0 radical (unpaired) electrons. The average Bonchev–Trinajstić information content (AvgIpc) is 3.51. The first-order valence-electron chi connectivity index (χ1n) is 13.6. The van der Waals surface area contributed by atoms with Crippen molar-refractivity contribution < 1.29 is 22.6 Å². The normalized spacial score (nSPS) is 22.4. The first-order chi connectivity index (χ1) is 18.7. The molecule has 0 aliphatic carbocycles. The molecule has 3 aromatic rings. The lowest BCUT2D eigenvalue weighted by molar-refractivity contribution is -0.137. The van der Waals surface area contributed by atoms with Crippen molar-refractivity contribution in [2.24, 2.45) is 0 Å². The van der Waals surface area contributed by atoms with Gasteiger partial charge in [-0.05, 0) is 70.7 Å². The van der Waals surface area contributed by atoms with Gasteiger partial charge in [0.25, 0.3) is 0 Å². The number of likely N-dealkylation sites (N-methyl/N-ethyl adjacent to an activating group) is 1. The van der Waals surface area contributed by atoms with Gasteiger partial charge in [-0.3, -0.25) is 0 Å². The molecule has 0 spiro atoms. The molecule has 39 heavy (non-hydrogen) atoms. The van der Waals surface area contributed by atoms with Crippen LogP contribution in [-0.4, -0.2) is 64.0 Å². The van der Waals surface area contributed by atoms with Crippen LogP contribution < -0.4 is 15.4 Å². The van der Waals surface area contributed by atoms with Crippen LogP contribution in [0.2, 0.25) is 0 Å². The Bertz CT molecular complexity index is 1370. The first kappa shape index (κ1) is 26.1. The van der Waals surface area contributed by atoms with Crippen molar-refractivity contribution in [2.75, 3.05) is 44.0 Å². The van der Waals surface area contributed by atoms with Gasteiger partial charge in [-0.1, -0.05) is 0 Å². The molecule has 2 fully saturated rings. The summed E-state index contributed by atoms with van der Waals surface area (Å²) >= 11 is 0. The van der Waals surface area contributed by atoms with Gasteiger partial charge in [-0.15, -0.1) is 0 Å². The highest BCUT2D eigenvalue weighted by atomic mass is 19.4. The van der Waals surface area contributed by atoms with E-state index in [4.69, 9.17) is 15.2 Å². The van der Waals surface area contributed by atoms with Crippen LogP contribution in [0, 0.1) is 6.92 Å². The summed E-state index contributed by atoms with van der Waals surface area (Å²) in [5.41, 5.74) is 7.89. The molecule has 3 aliphatic heterocycles. The molecule has 2 atom stereocenters.